The third-order valence-electron chi connectivity index (χ3n) is 7.76. The zero-order valence-electron chi connectivity index (χ0n) is 30.4. The second-order valence-corrected chi connectivity index (χ2v) is 12.3. The van der Waals surface area contributed by atoms with Gasteiger partial charge in [-0.3, -0.25) is 9.79 Å². The molecule has 47 heavy (non-hydrogen) atoms. The number of piperazine rings is 1. The molecule has 256 valence electrons. The summed E-state index contributed by atoms with van der Waals surface area (Å²) in [4.78, 5) is 21.2. The molecule has 1 aromatic carbocycles. The normalized spacial score (nSPS) is 17.5. The lowest BCUT2D eigenvalue weighted by Crippen LogP contribution is -2.58. The molecule has 0 bridgehead atoms. The number of nitriles is 1. The van der Waals surface area contributed by atoms with Gasteiger partial charge in [0.1, 0.15) is 11.4 Å². The summed E-state index contributed by atoms with van der Waals surface area (Å²) in [6, 6.07) is 8.89. The summed E-state index contributed by atoms with van der Waals surface area (Å²) < 4.78 is 14.8. The SMILES string of the molecule is CC/C=C/C=C(C#N)\C=C(/C)CCC.C\C=C(C(/C(C)=N/C=C/CC)=C(/C)N1CCN(C(=O)C(C)(C)O)C(C)C1)\c1ccccc1F. The number of allylic oxidation sites excluding steroid dienone is 11. The molecule has 0 spiro atoms. The molecule has 6 nitrogen and oxygen atoms in total. The maximum Gasteiger partial charge on any atom is 0.254 e. The Morgan fingerprint density at radius 3 is 2.32 bits per heavy atom. The van der Waals surface area contributed by atoms with Crippen LogP contribution in [0, 0.1) is 17.1 Å². The van der Waals surface area contributed by atoms with Crippen LogP contribution < -0.4 is 0 Å². The molecule has 0 aromatic heterocycles. The molecule has 1 saturated heterocycles. The van der Waals surface area contributed by atoms with Crippen molar-refractivity contribution in [1.29, 1.82) is 5.26 Å². The minimum atomic E-state index is -1.40. The van der Waals surface area contributed by atoms with E-state index >= 15 is 0 Å². The van der Waals surface area contributed by atoms with Crippen molar-refractivity contribution in [3.63, 3.8) is 0 Å². The first kappa shape index (κ1) is 41.0. The molecule has 1 N–H and O–H groups in total. The predicted octanol–water partition coefficient (Wildman–Crippen LogP) is 9.34. The molecular formula is C40H57FN4O2. The van der Waals surface area contributed by atoms with Crippen molar-refractivity contribution in [3.8, 4) is 6.07 Å². The van der Waals surface area contributed by atoms with Crippen LogP contribution in [0.2, 0.25) is 0 Å². The van der Waals surface area contributed by atoms with Crippen molar-refractivity contribution >= 4 is 17.2 Å². The molecule has 7 heteroatoms. The van der Waals surface area contributed by atoms with Crippen molar-refractivity contribution in [1.82, 2.24) is 9.80 Å². The summed E-state index contributed by atoms with van der Waals surface area (Å²) >= 11 is 0. The molecular weight excluding hydrogens is 587 g/mol. The molecule has 1 aromatic rings. The van der Waals surface area contributed by atoms with Crippen LogP contribution in [-0.2, 0) is 4.79 Å². The largest absolute Gasteiger partial charge is 0.381 e. The topological polar surface area (TPSA) is 79.9 Å². The van der Waals surface area contributed by atoms with E-state index < -0.39 is 5.60 Å². The van der Waals surface area contributed by atoms with E-state index in [9.17, 15) is 14.3 Å². The molecule has 1 heterocycles. The van der Waals surface area contributed by atoms with Gasteiger partial charge >= 0.3 is 0 Å². The number of amides is 1. The number of aliphatic imine (C=N–C) groups is 1. The summed E-state index contributed by atoms with van der Waals surface area (Å²) in [6.45, 7) is 21.0. The van der Waals surface area contributed by atoms with Gasteiger partial charge in [-0.1, -0.05) is 75.3 Å². The first-order valence-electron chi connectivity index (χ1n) is 16.8. The Morgan fingerprint density at radius 2 is 1.79 bits per heavy atom. The van der Waals surface area contributed by atoms with Crippen molar-refractivity contribution in [3.05, 3.63) is 101 Å². The summed E-state index contributed by atoms with van der Waals surface area (Å²) in [6.07, 6.45) is 17.6. The van der Waals surface area contributed by atoms with Crippen LogP contribution in [0.4, 0.5) is 4.39 Å². The number of hydrogen-bond acceptors (Lipinski definition) is 5. The van der Waals surface area contributed by atoms with E-state index in [0.29, 0.717) is 25.2 Å². The lowest BCUT2D eigenvalue weighted by Gasteiger charge is -2.43. The van der Waals surface area contributed by atoms with Crippen molar-refractivity contribution in [2.45, 2.75) is 107 Å². The summed E-state index contributed by atoms with van der Waals surface area (Å²) in [5, 5.41) is 19.0. The molecule has 1 unspecified atom stereocenters. The Balaban J connectivity index is 0.000000663. The van der Waals surface area contributed by atoms with Gasteiger partial charge in [-0.05, 0) is 91.5 Å². The highest BCUT2D eigenvalue weighted by Gasteiger charge is 2.35. The van der Waals surface area contributed by atoms with E-state index in [0.717, 1.165) is 53.8 Å². The third kappa shape index (κ3) is 13.3. The number of halogens is 1. The minimum absolute atomic E-state index is 0.0753. The van der Waals surface area contributed by atoms with Gasteiger partial charge in [-0.15, -0.1) is 0 Å². The van der Waals surface area contributed by atoms with E-state index in [1.807, 2.05) is 70.2 Å². The quantitative estimate of drug-likeness (QED) is 0.140. The number of aliphatic hydroxyl groups is 1. The van der Waals surface area contributed by atoms with Crippen LogP contribution in [0.15, 0.2) is 94.3 Å². The van der Waals surface area contributed by atoms with Crippen LogP contribution in [0.5, 0.6) is 0 Å². The van der Waals surface area contributed by atoms with Crippen LogP contribution in [0.1, 0.15) is 100 Å². The highest BCUT2D eigenvalue weighted by Crippen LogP contribution is 2.31. The molecule has 0 aliphatic carbocycles. The van der Waals surface area contributed by atoms with E-state index in [4.69, 9.17) is 5.26 Å². The highest BCUT2D eigenvalue weighted by atomic mass is 19.1. The smallest absolute Gasteiger partial charge is 0.254 e. The van der Waals surface area contributed by atoms with E-state index in [-0.39, 0.29) is 17.8 Å². The summed E-state index contributed by atoms with van der Waals surface area (Å²) in [5.74, 6) is -0.541. The highest BCUT2D eigenvalue weighted by molar-refractivity contribution is 6.12. The number of carbonyl (C=O) groups excluding carboxylic acids is 1. The predicted molar refractivity (Wildman–Crippen MR) is 196 cm³/mol. The van der Waals surface area contributed by atoms with Crippen LogP contribution >= 0.6 is 0 Å². The molecule has 2 rings (SSSR count). The third-order valence-corrected chi connectivity index (χ3v) is 7.76. The molecule has 0 saturated carbocycles. The van der Waals surface area contributed by atoms with E-state index in [2.05, 4.69) is 43.7 Å². The van der Waals surface area contributed by atoms with Crippen molar-refractivity contribution < 1.29 is 14.3 Å². The Labute approximate surface area is 284 Å². The van der Waals surface area contributed by atoms with Crippen LogP contribution in [-0.4, -0.2) is 57.8 Å². The lowest BCUT2D eigenvalue weighted by molar-refractivity contribution is -0.152. The molecule has 1 aliphatic rings. The van der Waals surface area contributed by atoms with Crippen molar-refractivity contribution in [2.24, 2.45) is 4.99 Å². The first-order valence-corrected chi connectivity index (χ1v) is 16.8. The maximum absolute atomic E-state index is 14.8. The van der Waals surface area contributed by atoms with Gasteiger partial charge < -0.3 is 14.9 Å². The van der Waals surface area contributed by atoms with Gasteiger partial charge in [0.25, 0.3) is 5.91 Å². The molecule has 0 radical (unpaired) electrons. The number of hydrogen-bond donors (Lipinski definition) is 1. The molecule has 1 fully saturated rings. The standard InChI is InChI=1S/C27H38FN3O2.C13H19N/c1-8-10-15-29-20(4)25(22(9-2)23-13-11-12-14-24(23)28)21(5)30-16-17-31(19(3)18-30)26(32)27(6,7)33;1-4-6-7-9-13(11-14)10-12(3)8-5-2/h9-15,19,33H,8,16-18H2,1-7H3;6-7,9-10H,4-5,8H2,1-3H3/b15-10+,22-9-,25-21-,29-20+;7-6+,12-10+,13-9+. The van der Waals surface area contributed by atoms with Gasteiger partial charge in [0.2, 0.25) is 0 Å². The van der Waals surface area contributed by atoms with E-state index in [1.165, 1.54) is 25.5 Å². The molecule has 1 atom stereocenters. The average Bonchev–Trinajstić information content (AvgIpc) is 3.03. The zero-order valence-corrected chi connectivity index (χ0v) is 30.4. The lowest BCUT2D eigenvalue weighted by atomic mass is 9.92. The maximum atomic E-state index is 14.8. The zero-order chi connectivity index (χ0) is 35.6. The van der Waals surface area contributed by atoms with Gasteiger partial charge in [-0.2, -0.15) is 5.26 Å². The Bertz CT molecular complexity index is 1430. The van der Waals surface area contributed by atoms with E-state index in [1.54, 1.807) is 23.2 Å². The van der Waals surface area contributed by atoms with Gasteiger partial charge in [0.05, 0.1) is 11.6 Å². The second-order valence-electron chi connectivity index (χ2n) is 12.3. The monoisotopic (exact) mass is 644 g/mol. The van der Waals surface area contributed by atoms with Gasteiger partial charge in [0.15, 0.2) is 0 Å². The number of rotatable bonds is 12. The molecule has 1 aliphatic heterocycles. The van der Waals surface area contributed by atoms with Crippen molar-refractivity contribution in [2.75, 3.05) is 19.6 Å². The average molecular weight is 645 g/mol. The fourth-order valence-electron chi connectivity index (χ4n) is 5.33. The molecule has 1 amide bonds. The van der Waals surface area contributed by atoms with Gasteiger partial charge in [-0.25, -0.2) is 4.39 Å². The van der Waals surface area contributed by atoms with Crippen LogP contribution in [0.3, 0.4) is 0 Å². The first-order chi connectivity index (χ1) is 22.3. The van der Waals surface area contributed by atoms with Crippen LogP contribution in [0.25, 0.3) is 5.57 Å². The fourth-order valence-corrected chi connectivity index (χ4v) is 5.33. The number of nitrogens with zero attached hydrogens (tertiary/aromatic N) is 4. The number of benzene rings is 1. The summed E-state index contributed by atoms with van der Waals surface area (Å²) in [5.41, 5.74) is 4.61. The fraction of sp³-hybridized carbons (Fsp3) is 0.475. The minimum Gasteiger partial charge on any atom is -0.381 e. The Kier molecular flexibility index (Phi) is 18.3. The summed E-state index contributed by atoms with van der Waals surface area (Å²) in [7, 11) is 0. The number of carbonyl (C=O) groups is 1. The Hall–Kier alpha value is -4.02. The van der Waals surface area contributed by atoms with Gasteiger partial charge in [0, 0.05) is 54.4 Å². The Morgan fingerprint density at radius 1 is 1.13 bits per heavy atom. The second kappa shape index (κ2) is 21.0.